The Labute approximate surface area is 159 Å². The number of rotatable bonds is 5. The van der Waals surface area contributed by atoms with E-state index in [-0.39, 0.29) is 16.5 Å². The molecular formula is C18H19N3O5S. The molecule has 0 unspecified atom stereocenters. The average molecular weight is 389 g/mol. The molecule has 142 valence electrons. The van der Waals surface area contributed by atoms with Crippen LogP contribution in [-0.2, 0) is 16.0 Å². The van der Waals surface area contributed by atoms with Crippen LogP contribution in [0.3, 0.4) is 0 Å². The van der Waals surface area contributed by atoms with Gasteiger partial charge < -0.3 is 15.0 Å². The highest BCUT2D eigenvalue weighted by Gasteiger charge is 2.20. The van der Waals surface area contributed by atoms with Gasteiger partial charge in [-0.15, -0.1) is 11.3 Å². The quantitative estimate of drug-likeness (QED) is 0.626. The fourth-order valence-electron chi connectivity index (χ4n) is 2.76. The Kier molecular flexibility index (Phi) is 5.82. The van der Waals surface area contributed by atoms with Gasteiger partial charge in [0.15, 0.2) is 0 Å². The molecule has 8 nitrogen and oxygen atoms in total. The Hall–Kier alpha value is -2.78. The number of benzene rings is 1. The Morgan fingerprint density at radius 2 is 1.93 bits per heavy atom. The van der Waals surface area contributed by atoms with Crippen molar-refractivity contribution in [3.63, 3.8) is 0 Å². The van der Waals surface area contributed by atoms with Gasteiger partial charge in [0.2, 0.25) is 5.91 Å². The first-order valence-electron chi connectivity index (χ1n) is 8.44. The number of aryl methyl sites for hydroxylation is 1. The van der Waals surface area contributed by atoms with E-state index in [0.29, 0.717) is 43.3 Å². The first-order chi connectivity index (χ1) is 12.9. The van der Waals surface area contributed by atoms with Crippen molar-refractivity contribution in [1.82, 2.24) is 4.90 Å². The molecule has 1 aromatic heterocycles. The van der Waals surface area contributed by atoms with E-state index in [9.17, 15) is 19.7 Å². The summed E-state index contributed by atoms with van der Waals surface area (Å²) in [6.07, 6.45) is 0.296. The zero-order chi connectivity index (χ0) is 19.4. The third-order valence-corrected chi connectivity index (χ3v) is 5.28. The zero-order valence-corrected chi connectivity index (χ0v) is 15.6. The highest BCUT2D eigenvalue weighted by molar-refractivity contribution is 7.14. The molecular weight excluding hydrogens is 370 g/mol. The molecule has 1 aromatic carbocycles. The van der Waals surface area contributed by atoms with Crippen molar-refractivity contribution < 1.29 is 19.2 Å². The highest BCUT2D eigenvalue weighted by Crippen LogP contribution is 2.28. The molecule has 3 rings (SSSR count). The smallest absolute Gasteiger partial charge is 0.283 e. The number of carbonyl (C=O) groups excluding carboxylic acids is 2. The van der Waals surface area contributed by atoms with E-state index in [1.165, 1.54) is 6.07 Å². The number of carbonyl (C=O) groups is 2. The predicted molar refractivity (Wildman–Crippen MR) is 101 cm³/mol. The van der Waals surface area contributed by atoms with Crippen molar-refractivity contribution in [2.75, 3.05) is 31.6 Å². The van der Waals surface area contributed by atoms with Gasteiger partial charge in [0.1, 0.15) is 0 Å². The van der Waals surface area contributed by atoms with Crippen LogP contribution in [0, 0.1) is 17.0 Å². The van der Waals surface area contributed by atoms with Crippen LogP contribution >= 0.6 is 11.3 Å². The maximum absolute atomic E-state index is 12.3. The van der Waals surface area contributed by atoms with E-state index in [1.54, 1.807) is 36.1 Å². The Morgan fingerprint density at radius 1 is 1.26 bits per heavy atom. The standard InChI is InChI=1S/C18H19N3O5S/c1-12-15(21(24)25)11-16(27-12)18(23)19-14-4-2-13(3-5-14)10-17(22)20-6-8-26-9-7-20/h2-5,11H,6-10H2,1H3,(H,19,23). The molecule has 9 heteroatoms. The monoisotopic (exact) mass is 389 g/mol. The van der Waals surface area contributed by atoms with Crippen molar-refractivity contribution in [2.45, 2.75) is 13.3 Å². The van der Waals surface area contributed by atoms with Crippen molar-refractivity contribution in [3.05, 3.63) is 55.8 Å². The summed E-state index contributed by atoms with van der Waals surface area (Å²) in [4.78, 5) is 37.5. The molecule has 0 radical (unpaired) electrons. The summed E-state index contributed by atoms with van der Waals surface area (Å²) in [6.45, 7) is 3.96. The average Bonchev–Trinajstić information content (AvgIpc) is 3.06. The number of hydrogen-bond acceptors (Lipinski definition) is 6. The lowest BCUT2D eigenvalue weighted by molar-refractivity contribution is -0.385. The molecule has 1 aliphatic heterocycles. The number of nitrogens with zero attached hydrogens (tertiary/aromatic N) is 2. The fourth-order valence-corrected chi connectivity index (χ4v) is 3.65. The number of nitro groups is 1. The molecule has 27 heavy (non-hydrogen) atoms. The van der Waals surface area contributed by atoms with E-state index < -0.39 is 10.8 Å². The summed E-state index contributed by atoms with van der Waals surface area (Å²) in [7, 11) is 0. The van der Waals surface area contributed by atoms with Gasteiger partial charge in [-0.3, -0.25) is 19.7 Å². The van der Waals surface area contributed by atoms with Gasteiger partial charge in [0.25, 0.3) is 11.6 Å². The first-order valence-corrected chi connectivity index (χ1v) is 9.26. The van der Waals surface area contributed by atoms with Gasteiger partial charge in [-0.05, 0) is 24.6 Å². The molecule has 1 fully saturated rings. The Morgan fingerprint density at radius 3 is 2.52 bits per heavy atom. The van der Waals surface area contributed by atoms with Crippen LogP contribution < -0.4 is 5.32 Å². The topological polar surface area (TPSA) is 102 Å². The molecule has 2 aromatic rings. The highest BCUT2D eigenvalue weighted by atomic mass is 32.1. The van der Waals surface area contributed by atoms with Gasteiger partial charge in [-0.1, -0.05) is 12.1 Å². The Bertz CT molecular complexity index is 856. The summed E-state index contributed by atoms with van der Waals surface area (Å²) in [5, 5.41) is 13.6. The van der Waals surface area contributed by atoms with Crippen molar-refractivity contribution in [1.29, 1.82) is 0 Å². The van der Waals surface area contributed by atoms with Crippen LogP contribution in [0.25, 0.3) is 0 Å². The van der Waals surface area contributed by atoms with Gasteiger partial charge in [-0.25, -0.2) is 0 Å². The molecule has 1 saturated heterocycles. The van der Waals surface area contributed by atoms with Crippen molar-refractivity contribution >= 4 is 34.5 Å². The maximum atomic E-state index is 12.3. The molecule has 0 bridgehead atoms. The zero-order valence-electron chi connectivity index (χ0n) is 14.8. The lowest BCUT2D eigenvalue weighted by atomic mass is 10.1. The van der Waals surface area contributed by atoms with E-state index in [1.807, 2.05) is 0 Å². The number of nitrogens with one attached hydrogen (secondary N) is 1. The third kappa shape index (κ3) is 4.69. The first kappa shape index (κ1) is 19.0. The number of morpholine rings is 1. The molecule has 1 N–H and O–H groups in total. The lowest BCUT2D eigenvalue weighted by Crippen LogP contribution is -2.41. The van der Waals surface area contributed by atoms with Crippen LogP contribution in [0.5, 0.6) is 0 Å². The SMILES string of the molecule is Cc1sc(C(=O)Nc2ccc(CC(=O)N3CCOCC3)cc2)cc1[N+](=O)[O-]. The van der Waals surface area contributed by atoms with Crippen LogP contribution in [-0.4, -0.2) is 47.9 Å². The van der Waals surface area contributed by atoms with Gasteiger partial charge >= 0.3 is 0 Å². The lowest BCUT2D eigenvalue weighted by Gasteiger charge is -2.26. The fraction of sp³-hybridized carbons (Fsp3) is 0.333. The second-order valence-electron chi connectivity index (χ2n) is 6.13. The number of anilines is 1. The minimum atomic E-state index is -0.497. The Balaban J connectivity index is 1.60. The van der Waals surface area contributed by atoms with Crippen LogP contribution in [0.4, 0.5) is 11.4 Å². The minimum Gasteiger partial charge on any atom is -0.378 e. The number of amides is 2. The second-order valence-corrected chi connectivity index (χ2v) is 7.39. The van der Waals surface area contributed by atoms with Crippen LogP contribution in [0.15, 0.2) is 30.3 Å². The molecule has 1 aliphatic rings. The van der Waals surface area contributed by atoms with Gasteiger partial charge in [0, 0.05) is 24.8 Å². The number of thiophene rings is 1. The predicted octanol–water partition coefficient (Wildman–Crippen LogP) is 2.62. The van der Waals surface area contributed by atoms with E-state index in [4.69, 9.17) is 4.74 Å². The molecule has 0 atom stereocenters. The van der Waals surface area contributed by atoms with E-state index in [0.717, 1.165) is 16.9 Å². The third-order valence-electron chi connectivity index (χ3n) is 4.24. The largest absolute Gasteiger partial charge is 0.378 e. The summed E-state index contributed by atoms with van der Waals surface area (Å²) in [5.41, 5.74) is 1.37. The summed E-state index contributed by atoms with van der Waals surface area (Å²) in [5.74, 6) is -0.343. The van der Waals surface area contributed by atoms with Gasteiger partial charge in [0.05, 0.1) is 34.3 Å². The minimum absolute atomic E-state index is 0.0523. The molecule has 0 spiro atoms. The molecule has 0 saturated carbocycles. The van der Waals surface area contributed by atoms with Crippen molar-refractivity contribution in [3.8, 4) is 0 Å². The van der Waals surface area contributed by atoms with Crippen molar-refractivity contribution in [2.24, 2.45) is 0 Å². The summed E-state index contributed by atoms with van der Waals surface area (Å²) in [6, 6.07) is 8.29. The van der Waals surface area contributed by atoms with E-state index >= 15 is 0 Å². The summed E-state index contributed by atoms with van der Waals surface area (Å²) >= 11 is 1.08. The van der Waals surface area contributed by atoms with Crippen LogP contribution in [0.1, 0.15) is 20.1 Å². The number of hydrogen-bond donors (Lipinski definition) is 1. The second kappa shape index (κ2) is 8.28. The maximum Gasteiger partial charge on any atom is 0.283 e. The molecule has 2 amide bonds. The normalized spacial score (nSPS) is 14.0. The van der Waals surface area contributed by atoms with E-state index in [2.05, 4.69) is 5.32 Å². The molecule has 2 heterocycles. The summed E-state index contributed by atoms with van der Waals surface area (Å²) < 4.78 is 5.24. The number of ether oxygens (including phenoxy) is 1. The van der Waals surface area contributed by atoms with Gasteiger partial charge in [-0.2, -0.15) is 0 Å². The molecule has 0 aliphatic carbocycles. The van der Waals surface area contributed by atoms with Crippen LogP contribution in [0.2, 0.25) is 0 Å².